The molecule has 1 aliphatic rings. The molecule has 18 heavy (non-hydrogen) atoms. The van der Waals surface area contributed by atoms with Crippen molar-refractivity contribution >= 4 is 5.69 Å². The van der Waals surface area contributed by atoms with E-state index < -0.39 is 0 Å². The topological polar surface area (TPSA) is 51.8 Å². The second-order valence-corrected chi connectivity index (χ2v) is 4.91. The quantitative estimate of drug-likeness (QED) is 0.817. The van der Waals surface area contributed by atoms with Crippen molar-refractivity contribution in [3.8, 4) is 11.4 Å². The molecule has 0 atom stereocenters. The van der Waals surface area contributed by atoms with Gasteiger partial charge in [0.25, 0.3) is 0 Å². The number of rotatable bonds is 2. The van der Waals surface area contributed by atoms with Crippen molar-refractivity contribution in [3.05, 3.63) is 42.2 Å². The van der Waals surface area contributed by atoms with Crippen LogP contribution in [0.25, 0.3) is 11.4 Å². The van der Waals surface area contributed by atoms with E-state index in [4.69, 9.17) is 10.7 Å². The second kappa shape index (κ2) is 4.77. The zero-order chi connectivity index (χ0) is 12.4. The van der Waals surface area contributed by atoms with Gasteiger partial charge in [-0.15, -0.1) is 0 Å². The fourth-order valence-electron chi connectivity index (χ4n) is 2.59. The highest BCUT2D eigenvalue weighted by Crippen LogP contribution is 2.33. The number of anilines is 1. The molecule has 1 aliphatic carbocycles. The summed E-state index contributed by atoms with van der Waals surface area (Å²) < 4.78 is 0. The van der Waals surface area contributed by atoms with Gasteiger partial charge in [-0.05, 0) is 43.2 Å². The van der Waals surface area contributed by atoms with Crippen LogP contribution in [-0.2, 0) is 0 Å². The molecular formula is C15H17N3. The Bertz CT molecular complexity index is 528. The maximum absolute atomic E-state index is 5.69. The van der Waals surface area contributed by atoms with Crippen molar-refractivity contribution in [2.24, 2.45) is 0 Å². The summed E-state index contributed by atoms with van der Waals surface area (Å²) in [6, 6.07) is 9.78. The third kappa shape index (κ3) is 2.21. The number of nitrogens with zero attached hydrogens (tertiary/aromatic N) is 2. The van der Waals surface area contributed by atoms with E-state index in [1.54, 1.807) is 0 Å². The summed E-state index contributed by atoms with van der Waals surface area (Å²) in [5.74, 6) is 1.43. The first-order valence-electron chi connectivity index (χ1n) is 6.52. The van der Waals surface area contributed by atoms with Gasteiger partial charge in [-0.3, -0.25) is 0 Å². The third-order valence-corrected chi connectivity index (χ3v) is 3.62. The summed E-state index contributed by atoms with van der Waals surface area (Å²) in [4.78, 5) is 9.06. The lowest BCUT2D eigenvalue weighted by Gasteiger charge is -2.09. The van der Waals surface area contributed by atoms with Crippen LogP contribution in [0.5, 0.6) is 0 Å². The molecule has 3 heteroatoms. The van der Waals surface area contributed by atoms with Gasteiger partial charge in [0, 0.05) is 29.1 Å². The first kappa shape index (κ1) is 11.2. The van der Waals surface area contributed by atoms with Crippen LogP contribution in [0.1, 0.15) is 37.3 Å². The van der Waals surface area contributed by atoms with Crippen LogP contribution in [0.3, 0.4) is 0 Å². The molecule has 0 saturated heterocycles. The molecule has 3 nitrogen and oxygen atoms in total. The van der Waals surface area contributed by atoms with Gasteiger partial charge in [0.2, 0.25) is 0 Å². The highest BCUT2D eigenvalue weighted by Gasteiger charge is 2.18. The van der Waals surface area contributed by atoms with Crippen molar-refractivity contribution in [3.63, 3.8) is 0 Å². The minimum Gasteiger partial charge on any atom is -0.399 e. The first-order valence-corrected chi connectivity index (χ1v) is 6.52. The van der Waals surface area contributed by atoms with Crippen molar-refractivity contribution in [2.75, 3.05) is 5.73 Å². The van der Waals surface area contributed by atoms with E-state index >= 15 is 0 Å². The molecule has 0 unspecified atom stereocenters. The molecule has 0 aliphatic heterocycles. The van der Waals surface area contributed by atoms with E-state index in [2.05, 4.69) is 11.1 Å². The smallest absolute Gasteiger partial charge is 0.159 e. The molecule has 92 valence electrons. The molecule has 1 heterocycles. The Balaban J connectivity index is 1.92. The standard InChI is InChI=1S/C15H17N3/c16-13-7-5-12(6-8-13)15-17-10-9-14(18-15)11-3-1-2-4-11/h5-11H,1-4,16H2. The molecule has 1 saturated carbocycles. The fourth-order valence-corrected chi connectivity index (χ4v) is 2.59. The lowest BCUT2D eigenvalue weighted by molar-refractivity contribution is 0.695. The number of hydrogen-bond donors (Lipinski definition) is 1. The Kier molecular flexibility index (Phi) is 2.97. The molecule has 0 bridgehead atoms. The predicted molar refractivity (Wildman–Crippen MR) is 73.1 cm³/mol. The highest BCUT2D eigenvalue weighted by atomic mass is 14.9. The van der Waals surface area contributed by atoms with E-state index in [9.17, 15) is 0 Å². The van der Waals surface area contributed by atoms with Crippen LogP contribution in [0.4, 0.5) is 5.69 Å². The van der Waals surface area contributed by atoms with Crippen LogP contribution in [0.2, 0.25) is 0 Å². The van der Waals surface area contributed by atoms with E-state index in [0.717, 1.165) is 17.1 Å². The minimum absolute atomic E-state index is 0.625. The Morgan fingerprint density at radius 2 is 1.72 bits per heavy atom. The Morgan fingerprint density at radius 1 is 1.00 bits per heavy atom. The molecule has 1 fully saturated rings. The lowest BCUT2D eigenvalue weighted by Crippen LogP contribution is -1.99. The number of nitrogen functional groups attached to an aromatic ring is 1. The molecule has 2 aromatic rings. The number of hydrogen-bond acceptors (Lipinski definition) is 3. The van der Waals surface area contributed by atoms with E-state index in [1.807, 2.05) is 30.5 Å². The van der Waals surface area contributed by atoms with Crippen LogP contribution >= 0.6 is 0 Å². The molecular weight excluding hydrogens is 222 g/mol. The molecule has 3 rings (SSSR count). The zero-order valence-electron chi connectivity index (χ0n) is 10.3. The molecule has 1 aromatic heterocycles. The summed E-state index contributed by atoms with van der Waals surface area (Å²) in [5, 5.41) is 0. The second-order valence-electron chi connectivity index (χ2n) is 4.91. The highest BCUT2D eigenvalue weighted by molar-refractivity contribution is 5.58. The van der Waals surface area contributed by atoms with Crippen molar-refractivity contribution < 1.29 is 0 Å². The predicted octanol–water partition coefficient (Wildman–Crippen LogP) is 3.38. The minimum atomic E-state index is 0.625. The summed E-state index contributed by atoms with van der Waals surface area (Å²) in [7, 11) is 0. The van der Waals surface area contributed by atoms with Crippen LogP contribution in [-0.4, -0.2) is 9.97 Å². The van der Waals surface area contributed by atoms with Gasteiger partial charge in [-0.1, -0.05) is 12.8 Å². The van der Waals surface area contributed by atoms with Crippen LogP contribution in [0.15, 0.2) is 36.5 Å². The lowest BCUT2D eigenvalue weighted by atomic mass is 10.0. The van der Waals surface area contributed by atoms with Gasteiger partial charge in [-0.25, -0.2) is 9.97 Å². The first-order chi connectivity index (χ1) is 8.83. The van der Waals surface area contributed by atoms with Crippen molar-refractivity contribution in [2.45, 2.75) is 31.6 Å². The van der Waals surface area contributed by atoms with E-state index in [1.165, 1.54) is 31.4 Å². The monoisotopic (exact) mass is 239 g/mol. The zero-order valence-corrected chi connectivity index (χ0v) is 10.3. The molecule has 2 N–H and O–H groups in total. The SMILES string of the molecule is Nc1ccc(-c2nccc(C3CCCC3)n2)cc1. The van der Waals surface area contributed by atoms with Crippen molar-refractivity contribution in [1.29, 1.82) is 0 Å². The Hall–Kier alpha value is -1.90. The van der Waals surface area contributed by atoms with Gasteiger partial charge < -0.3 is 5.73 Å². The molecule has 0 radical (unpaired) electrons. The number of nitrogens with two attached hydrogens (primary N) is 1. The average Bonchev–Trinajstić information content (AvgIpc) is 2.94. The van der Waals surface area contributed by atoms with Crippen molar-refractivity contribution in [1.82, 2.24) is 9.97 Å². The Labute approximate surface area is 107 Å². The number of aromatic nitrogens is 2. The van der Waals surface area contributed by atoms with E-state index in [-0.39, 0.29) is 0 Å². The fraction of sp³-hybridized carbons (Fsp3) is 0.333. The van der Waals surface area contributed by atoms with Crippen LogP contribution in [0, 0.1) is 0 Å². The van der Waals surface area contributed by atoms with Crippen LogP contribution < -0.4 is 5.73 Å². The normalized spacial score (nSPS) is 16.0. The van der Waals surface area contributed by atoms with Gasteiger partial charge in [0.15, 0.2) is 5.82 Å². The van der Waals surface area contributed by atoms with Gasteiger partial charge in [0.05, 0.1) is 0 Å². The molecule has 0 spiro atoms. The Morgan fingerprint density at radius 3 is 2.44 bits per heavy atom. The average molecular weight is 239 g/mol. The molecule has 0 amide bonds. The maximum Gasteiger partial charge on any atom is 0.159 e. The largest absolute Gasteiger partial charge is 0.399 e. The third-order valence-electron chi connectivity index (χ3n) is 3.62. The summed E-state index contributed by atoms with van der Waals surface area (Å²) in [5.41, 5.74) is 8.68. The molecule has 1 aromatic carbocycles. The maximum atomic E-state index is 5.69. The summed E-state index contributed by atoms with van der Waals surface area (Å²) in [6.07, 6.45) is 7.04. The number of benzene rings is 1. The summed E-state index contributed by atoms with van der Waals surface area (Å²) in [6.45, 7) is 0. The van der Waals surface area contributed by atoms with Gasteiger partial charge in [-0.2, -0.15) is 0 Å². The summed E-state index contributed by atoms with van der Waals surface area (Å²) >= 11 is 0. The van der Waals surface area contributed by atoms with Gasteiger partial charge in [0.1, 0.15) is 0 Å². The van der Waals surface area contributed by atoms with E-state index in [0.29, 0.717) is 5.92 Å². The van der Waals surface area contributed by atoms with Gasteiger partial charge >= 0.3 is 0 Å².